The van der Waals surface area contributed by atoms with Crippen LogP contribution in [0.25, 0.3) is 0 Å². The number of aryl methyl sites for hydroxylation is 2. The van der Waals surface area contributed by atoms with E-state index in [9.17, 15) is 0 Å². The molecule has 3 rings (SSSR count). The lowest BCUT2D eigenvalue weighted by molar-refractivity contribution is -0.0425. The molecule has 0 atom stereocenters. The molecule has 3 aromatic rings. The molecule has 0 fully saturated rings. The molecule has 0 bridgehead atoms. The average molecular weight is 312 g/mol. The third-order valence-electron chi connectivity index (χ3n) is 3.75. The summed E-state index contributed by atoms with van der Waals surface area (Å²) in [7, 11) is 0. The van der Waals surface area contributed by atoms with Crippen LogP contribution in [0.2, 0.25) is 0 Å². The second kappa shape index (κ2) is 6.36. The van der Waals surface area contributed by atoms with Crippen LogP contribution in [0.5, 0.6) is 0 Å². The summed E-state index contributed by atoms with van der Waals surface area (Å²) in [4.78, 5) is 0. The van der Waals surface area contributed by atoms with Crippen LogP contribution in [0.4, 0.5) is 0 Å². The van der Waals surface area contributed by atoms with Gasteiger partial charge in [-0.2, -0.15) is 10.2 Å². The van der Waals surface area contributed by atoms with Crippen LogP contribution in [0.3, 0.4) is 0 Å². The number of benzene rings is 1. The Hall–Kier alpha value is -2.44. The fourth-order valence-electron chi connectivity index (χ4n) is 2.54. The standard InChI is InChI=1S/C17H20N4O2/c1-12-7-13(2)21(19-12)10-15-5-3-14(4-6-15)9-20-11-16(8-18-20)17(22)23/h3-8,11,17,22-23H,9-10H2,1-2H3. The second-order valence-corrected chi connectivity index (χ2v) is 5.75. The summed E-state index contributed by atoms with van der Waals surface area (Å²) in [5.74, 6) is 0. The van der Waals surface area contributed by atoms with Crippen molar-refractivity contribution in [1.29, 1.82) is 0 Å². The Morgan fingerprint density at radius 1 is 1.04 bits per heavy atom. The van der Waals surface area contributed by atoms with E-state index in [1.165, 1.54) is 11.8 Å². The summed E-state index contributed by atoms with van der Waals surface area (Å²) >= 11 is 0. The van der Waals surface area contributed by atoms with Crippen molar-refractivity contribution in [2.45, 2.75) is 33.2 Å². The van der Waals surface area contributed by atoms with Gasteiger partial charge in [-0.05, 0) is 31.0 Å². The van der Waals surface area contributed by atoms with Gasteiger partial charge in [0.25, 0.3) is 0 Å². The van der Waals surface area contributed by atoms with Gasteiger partial charge in [-0.15, -0.1) is 0 Å². The van der Waals surface area contributed by atoms with Gasteiger partial charge in [-0.1, -0.05) is 24.3 Å². The Bertz CT molecular complexity index is 787. The monoisotopic (exact) mass is 312 g/mol. The minimum absolute atomic E-state index is 0.395. The third kappa shape index (κ3) is 3.67. The van der Waals surface area contributed by atoms with E-state index in [4.69, 9.17) is 10.2 Å². The van der Waals surface area contributed by atoms with Gasteiger partial charge in [0.1, 0.15) is 0 Å². The van der Waals surface area contributed by atoms with Crippen molar-refractivity contribution in [1.82, 2.24) is 19.6 Å². The van der Waals surface area contributed by atoms with E-state index >= 15 is 0 Å². The van der Waals surface area contributed by atoms with Gasteiger partial charge < -0.3 is 10.2 Å². The molecule has 6 nitrogen and oxygen atoms in total. The molecule has 6 heteroatoms. The highest BCUT2D eigenvalue weighted by molar-refractivity contribution is 5.23. The molecule has 23 heavy (non-hydrogen) atoms. The van der Waals surface area contributed by atoms with Gasteiger partial charge in [0.2, 0.25) is 0 Å². The second-order valence-electron chi connectivity index (χ2n) is 5.75. The number of aromatic nitrogens is 4. The first-order valence-electron chi connectivity index (χ1n) is 7.48. The normalized spacial score (nSPS) is 11.3. The molecule has 0 radical (unpaired) electrons. The maximum Gasteiger partial charge on any atom is 0.181 e. The molecule has 0 aliphatic carbocycles. The maximum atomic E-state index is 9.10. The van der Waals surface area contributed by atoms with Crippen LogP contribution in [0, 0.1) is 13.8 Å². The molecular weight excluding hydrogens is 292 g/mol. The van der Waals surface area contributed by atoms with E-state index in [0.29, 0.717) is 12.1 Å². The summed E-state index contributed by atoms with van der Waals surface area (Å²) < 4.78 is 3.68. The van der Waals surface area contributed by atoms with Crippen molar-refractivity contribution < 1.29 is 10.2 Å². The lowest BCUT2D eigenvalue weighted by Crippen LogP contribution is -2.04. The number of hydrogen-bond donors (Lipinski definition) is 2. The Kier molecular flexibility index (Phi) is 4.27. The first-order valence-corrected chi connectivity index (χ1v) is 7.48. The minimum Gasteiger partial charge on any atom is -0.364 e. The fraction of sp³-hybridized carbons (Fsp3) is 0.294. The molecule has 0 amide bonds. The predicted octanol–water partition coefficient (Wildman–Crippen LogP) is 1.78. The van der Waals surface area contributed by atoms with Crippen LogP contribution < -0.4 is 0 Å². The van der Waals surface area contributed by atoms with Gasteiger partial charge in [-0.3, -0.25) is 9.36 Å². The van der Waals surface area contributed by atoms with Gasteiger partial charge in [0.15, 0.2) is 6.29 Å². The van der Waals surface area contributed by atoms with Crippen LogP contribution in [-0.2, 0) is 13.1 Å². The van der Waals surface area contributed by atoms with Crippen LogP contribution in [0.1, 0.15) is 34.4 Å². The first-order chi connectivity index (χ1) is 11.0. The van der Waals surface area contributed by atoms with E-state index < -0.39 is 6.29 Å². The van der Waals surface area contributed by atoms with Crippen molar-refractivity contribution in [3.63, 3.8) is 0 Å². The molecule has 2 heterocycles. The zero-order chi connectivity index (χ0) is 16.4. The van der Waals surface area contributed by atoms with Gasteiger partial charge in [0.05, 0.1) is 25.0 Å². The summed E-state index contributed by atoms with van der Waals surface area (Å²) in [6.07, 6.45) is 1.61. The zero-order valence-corrected chi connectivity index (χ0v) is 13.2. The van der Waals surface area contributed by atoms with E-state index in [1.807, 2.05) is 11.6 Å². The molecule has 0 aliphatic heterocycles. The number of hydrogen-bond acceptors (Lipinski definition) is 4. The van der Waals surface area contributed by atoms with E-state index in [1.54, 1.807) is 10.9 Å². The predicted molar refractivity (Wildman–Crippen MR) is 85.8 cm³/mol. The largest absolute Gasteiger partial charge is 0.364 e. The highest BCUT2D eigenvalue weighted by Gasteiger charge is 2.06. The number of aliphatic hydroxyl groups excluding tert-OH is 1. The van der Waals surface area contributed by atoms with E-state index in [-0.39, 0.29) is 0 Å². The van der Waals surface area contributed by atoms with Crippen molar-refractivity contribution in [2.24, 2.45) is 0 Å². The Labute approximate surface area is 134 Å². The minimum atomic E-state index is -1.48. The molecular formula is C17H20N4O2. The molecule has 0 saturated carbocycles. The maximum absolute atomic E-state index is 9.10. The van der Waals surface area contributed by atoms with Crippen LogP contribution in [0.15, 0.2) is 42.7 Å². The van der Waals surface area contributed by atoms with Gasteiger partial charge in [-0.25, -0.2) is 0 Å². The van der Waals surface area contributed by atoms with Gasteiger partial charge in [0, 0.05) is 17.5 Å². The molecule has 0 spiro atoms. The molecule has 2 N–H and O–H groups in total. The highest BCUT2D eigenvalue weighted by Crippen LogP contribution is 2.12. The summed E-state index contributed by atoms with van der Waals surface area (Å²) in [6, 6.07) is 10.3. The fourth-order valence-corrected chi connectivity index (χ4v) is 2.54. The van der Waals surface area contributed by atoms with E-state index in [2.05, 4.69) is 47.5 Å². The lowest BCUT2D eigenvalue weighted by Gasteiger charge is -2.07. The van der Waals surface area contributed by atoms with Gasteiger partial charge >= 0.3 is 0 Å². The first kappa shape index (κ1) is 15.5. The molecule has 1 aromatic carbocycles. The Balaban J connectivity index is 1.68. The smallest absolute Gasteiger partial charge is 0.181 e. The number of rotatable bonds is 5. The van der Waals surface area contributed by atoms with E-state index in [0.717, 1.165) is 23.5 Å². The van der Waals surface area contributed by atoms with Crippen molar-refractivity contribution in [2.75, 3.05) is 0 Å². The average Bonchev–Trinajstić information content (AvgIpc) is 3.08. The summed E-state index contributed by atoms with van der Waals surface area (Å²) in [6.45, 7) is 5.39. The zero-order valence-electron chi connectivity index (χ0n) is 13.2. The highest BCUT2D eigenvalue weighted by atomic mass is 16.5. The van der Waals surface area contributed by atoms with Crippen molar-refractivity contribution in [3.05, 3.63) is 70.8 Å². The SMILES string of the molecule is Cc1cc(C)n(Cc2ccc(Cn3cc(C(O)O)cn3)cc2)n1. The summed E-state index contributed by atoms with van der Waals surface area (Å²) in [5.41, 5.74) is 4.86. The molecule has 0 unspecified atom stereocenters. The Morgan fingerprint density at radius 3 is 2.22 bits per heavy atom. The molecule has 0 saturated heterocycles. The topological polar surface area (TPSA) is 76.1 Å². The van der Waals surface area contributed by atoms with Crippen molar-refractivity contribution >= 4 is 0 Å². The quantitative estimate of drug-likeness (QED) is 0.704. The van der Waals surface area contributed by atoms with Crippen LogP contribution >= 0.6 is 0 Å². The number of nitrogens with zero attached hydrogens (tertiary/aromatic N) is 4. The molecule has 0 aliphatic rings. The van der Waals surface area contributed by atoms with Crippen LogP contribution in [-0.4, -0.2) is 29.8 Å². The lowest BCUT2D eigenvalue weighted by atomic mass is 10.1. The van der Waals surface area contributed by atoms with Crippen molar-refractivity contribution in [3.8, 4) is 0 Å². The summed E-state index contributed by atoms with van der Waals surface area (Å²) in [5, 5.41) is 26.8. The molecule has 120 valence electrons. The number of aliphatic hydroxyl groups is 2. The third-order valence-corrected chi connectivity index (χ3v) is 3.75. The molecule has 2 aromatic heterocycles. The Morgan fingerprint density at radius 2 is 1.70 bits per heavy atom.